The zero-order chi connectivity index (χ0) is 13.6. The van der Waals surface area contributed by atoms with Crippen molar-refractivity contribution >= 4 is 49.2 Å². The van der Waals surface area contributed by atoms with Gasteiger partial charge < -0.3 is 4.90 Å². The van der Waals surface area contributed by atoms with E-state index in [1.807, 2.05) is 12.1 Å². The van der Waals surface area contributed by atoms with Crippen LogP contribution < -0.4 is 4.90 Å². The topological polar surface area (TPSA) is 37.4 Å². The molecule has 0 radical (unpaired) electrons. The highest BCUT2D eigenvalue weighted by molar-refractivity contribution is 9.10. The first-order valence-electron chi connectivity index (χ1n) is 6.29. The molecule has 0 atom stereocenters. The largest absolute Gasteiger partial charge is 0.304 e. The molecule has 1 aliphatic heterocycles. The molecule has 1 aromatic carbocycles. The van der Waals surface area contributed by atoms with Crippen LogP contribution in [0.15, 0.2) is 22.7 Å². The molecule has 3 rings (SSSR count). The molecule has 0 N–H and O–H groups in total. The number of carbonyl (C=O) groups is 2. The van der Waals surface area contributed by atoms with Gasteiger partial charge in [0.1, 0.15) is 0 Å². The second-order valence-corrected chi connectivity index (χ2v) is 6.76. The van der Waals surface area contributed by atoms with Gasteiger partial charge in [-0.3, -0.25) is 9.59 Å². The van der Waals surface area contributed by atoms with Crippen molar-refractivity contribution in [3.05, 3.63) is 28.2 Å². The Morgan fingerprint density at radius 2 is 2.00 bits per heavy atom. The molecule has 1 aromatic rings. The number of alkyl halides is 1. The maximum absolute atomic E-state index is 12.2. The quantitative estimate of drug-likeness (QED) is 0.588. The molecular weight excluding hydrogens is 374 g/mol. The van der Waals surface area contributed by atoms with E-state index in [2.05, 4.69) is 31.9 Å². The number of benzene rings is 1. The average Bonchev–Trinajstić information content (AvgIpc) is 2.59. The highest BCUT2D eigenvalue weighted by Crippen LogP contribution is 2.45. The van der Waals surface area contributed by atoms with Crippen LogP contribution in [-0.4, -0.2) is 23.6 Å². The molecule has 0 bridgehead atoms. The first kappa shape index (κ1) is 13.3. The van der Waals surface area contributed by atoms with Gasteiger partial charge in [-0.15, -0.1) is 0 Å². The maximum Gasteiger partial charge on any atom is 0.299 e. The fraction of sp³-hybridized carbons (Fsp3) is 0.429. The molecule has 1 heterocycles. The van der Waals surface area contributed by atoms with E-state index >= 15 is 0 Å². The number of hydrogen-bond acceptors (Lipinski definition) is 2. The summed E-state index contributed by atoms with van der Waals surface area (Å²) in [6, 6.07) is 5.52. The third-order valence-corrected chi connectivity index (χ3v) is 5.99. The van der Waals surface area contributed by atoms with Crippen LogP contribution in [0.2, 0.25) is 0 Å². The van der Waals surface area contributed by atoms with Gasteiger partial charge in [-0.2, -0.15) is 0 Å². The summed E-state index contributed by atoms with van der Waals surface area (Å²) < 4.78 is 0.701. The molecule has 3 nitrogen and oxygen atoms in total. The summed E-state index contributed by atoms with van der Waals surface area (Å²) in [5.74, 6) is -0.791. The Bertz CT molecular complexity index is 561. The summed E-state index contributed by atoms with van der Waals surface area (Å²) in [6.07, 6.45) is 3.42. The second-order valence-electron chi connectivity index (χ2n) is 5.34. The van der Waals surface area contributed by atoms with Crippen molar-refractivity contribution in [2.45, 2.75) is 19.3 Å². The van der Waals surface area contributed by atoms with E-state index in [1.54, 1.807) is 11.0 Å². The van der Waals surface area contributed by atoms with E-state index in [1.165, 1.54) is 6.42 Å². The summed E-state index contributed by atoms with van der Waals surface area (Å²) in [4.78, 5) is 25.9. The highest BCUT2D eigenvalue weighted by Gasteiger charge is 2.44. The lowest BCUT2D eigenvalue weighted by atomic mass is 9.70. The zero-order valence-electron chi connectivity index (χ0n) is 10.3. The van der Waals surface area contributed by atoms with E-state index in [0.29, 0.717) is 16.6 Å². The Kier molecular flexibility index (Phi) is 3.29. The first-order valence-corrected chi connectivity index (χ1v) is 8.20. The van der Waals surface area contributed by atoms with Crippen molar-refractivity contribution in [2.24, 2.45) is 5.41 Å². The number of carbonyl (C=O) groups excluding carboxylic acids is 2. The fourth-order valence-corrected chi connectivity index (χ4v) is 4.08. The Morgan fingerprint density at radius 1 is 1.26 bits per heavy atom. The maximum atomic E-state index is 12.2. The number of Topliss-reactive ketones (excluding diaryl/α,β-unsaturated/α-hetero) is 1. The molecule has 1 aliphatic carbocycles. The average molecular weight is 387 g/mol. The zero-order valence-corrected chi connectivity index (χ0v) is 13.5. The van der Waals surface area contributed by atoms with E-state index in [-0.39, 0.29) is 5.41 Å². The van der Waals surface area contributed by atoms with Gasteiger partial charge in [-0.1, -0.05) is 28.4 Å². The summed E-state index contributed by atoms with van der Waals surface area (Å²) in [5.41, 5.74) is 1.40. The molecule has 1 fully saturated rings. The van der Waals surface area contributed by atoms with Crippen molar-refractivity contribution < 1.29 is 9.59 Å². The van der Waals surface area contributed by atoms with Crippen LogP contribution >= 0.6 is 31.9 Å². The fourth-order valence-electron chi connectivity index (χ4n) is 2.80. The van der Waals surface area contributed by atoms with Gasteiger partial charge in [-0.05, 0) is 46.3 Å². The number of rotatable bonds is 3. The molecule has 1 saturated carbocycles. The highest BCUT2D eigenvalue weighted by atomic mass is 79.9. The van der Waals surface area contributed by atoms with Gasteiger partial charge in [-0.25, -0.2) is 0 Å². The SMILES string of the molecule is O=C1C(=O)N(CC2(CBr)CCC2)c2cccc(Br)c21. The van der Waals surface area contributed by atoms with Gasteiger partial charge in [0.05, 0.1) is 11.3 Å². The normalized spacial score (nSPS) is 20.4. The summed E-state index contributed by atoms with van der Waals surface area (Å²) in [6.45, 7) is 0.631. The van der Waals surface area contributed by atoms with Gasteiger partial charge in [0, 0.05) is 16.3 Å². The lowest BCUT2D eigenvalue weighted by Gasteiger charge is -2.43. The molecule has 0 saturated heterocycles. The molecule has 2 aliphatic rings. The van der Waals surface area contributed by atoms with Crippen LogP contribution in [0.3, 0.4) is 0 Å². The van der Waals surface area contributed by atoms with Crippen LogP contribution in [0, 0.1) is 5.41 Å². The summed E-state index contributed by atoms with van der Waals surface area (Å²) in [7, 11) is 0. The predicted molar refractivity (Wildman–Crippen MR) is 80.9 cm³/mol. The molecule has 100 valence electrons. The van der Waals surface area contributed by atoms with Crippen LogP contribution in [0.1, 0.15) is 29.6 Å². The van der Waals surface area contributed by atoms with Gasteiger partial charge in [0.15, 0.2) is 0 Å². The second kappa shape index (κ2) is 4.70. The molecule has 19 heavy (non-hydrogen) atoms. The van der Waals surface area contributed by atoms with Crippen molar-refractivity contribution in [1.82, 2.24) is 0 Å². The van der Waals surface area contributed by atoms with Crippen molar-refractivity contribution in [2.75, 3.05) is 16.8 Å². The van der Waals surface area contributed by atoms with E-state index in [0.717, 1.165) is 23.9 Å². The van der Waals surface area contributed by atoms with E-state index in [9.17, 15) is 9.59 Å². The predicted octanol–water partition coefficient (Wildman–Crippen LogP) is 3.54. The summed E-state index contributed by atoms with van der Waals surface area (Å²) in [5, 5.41) is 0.876. The molecule has 5 heteroatoms. The first-order chi connectivity index (χ1) is 9.08. The van der Waals surface area contributed by atoms with Crippen LogP contribution in [0.5, 0.6) is 0 Å². The molecule has 1 amide bonds. The molecule has 0 aromatic heterocycles. The Balaban J connectivity index is 1.98. The van der Waals surface area contributed by atoms with Crippen molar-refractivity contribution in [3.8, 4) is 0 Å². The Hall–Kier alpha value is -0.680. The van der Waals surface area contributed by atoms with Crippen molar-refractivity contribution in [1.29, 1.82) is 0 Å². The van der Waals surface area contributed by atoms with Gasteiger partial charge in [0.2, 0.25) is 0 Å². The number of hydrogen-bond donors (Lipinski definition) is 0. The standard InChI is InChI=1S/C14H13Br2NO2/c15-7-14(5-2-6-14)8-17-10-4-1-3-9(16)11(10)12(18)13(17)19/h1,3-4H,2,5-8H2. The number of amides is 1. The molecule has 0 spiro atoms. The number of fused-ring (bicyclic) bond motifs is 1. The minimum Gasteiger partial charge on any atom is -0.304 e. The Morgan fingerprint density at radius 3 is 2.58 bits per heavy atom. The van der Waals surface area contributed by atoms with Crippen LogP contribution in [-0.2, 0) is 4.79 Å². The summed E-state index contributed by atoms with van der Waals surface area (Å²) >= 11 is 6.91. The number of nitrogens with zero attached hydrogens (tertiary/aromatic N) is 1. The number of anilines is 1. The minimum atomic E-state index is -0.397. The van der Waals surface area contributed by atoms with Gasteiger partial charge in [0.25, 0.3) is 11.7 Å². The lowest BCUT2D eigenvalue weighted by molar-refractivity contribution is -0.114. The molecular formula is C14H13Br2NO2. The number of ketones is 1. The lowest BCUT2D eigenvalue weighted by Crippen LogP contribution is -2.45. The van der Waals surface area contributed by atoms with E-state index in [4.69, 9.17) is 0 Å². The smallest absolute Gasteiger partial charge is 0.299 e. The minimum absolute atomic E-state index is 0.139. The van der Waals surface area contributed by atoms with Gasteiger partial charge >= 0.3 is 0 Å². The third kappa shape index (κ3) is 1.98. The number of halogens is 2. The van der Waals surface area contributed by atoms with Crippen LogP contribution in [0.25, 0.3) is 0 Å². The van der Waals surface area contributed by atoms with Crippen LogP contribution in [0.4, 0.5) is 5.69 Å². The molecule has 0 unspecified atom stereocenters. The Labute approximate surface area is 128 Å². The monoisotopic (exact) mass is 385 g/mol. The third-order valence-electron chi connectivity index (χ3n) is 4.14. The van der Waals surface area contributed by atoms with E-state index < -0.39 is 11.7 Å². The van der Waals surface area contributed by atoms with Crippen molar-refractivity contribution in [3.63, 3.8) is 0 Å².